The monoisotopic (exact) mass is 2020 g/mol. The van der Waals surface area contributed by atoms with Crippen LogP contribution in [0.2, 0.25) is 55.2 Å². The maximum absolute atomic E-state index is 14.0. The number of anilines is 8. The second-order valence-electron chi connectivity index (χ2n) is 33.9. The molecule has 700 valence electrons. The molecule has 2 heterocycles. The highest BCUT2D eigenvalue weighted by Gasteiger charge is 2.31. The first-order valence-electron chi connectivity index (χ1n) is 42.6. The molecule has 0 saturated carbocycles. The van der Waals surface area contributed by atoms with E-state index in [0.717, 1.165) is 129 Å². The summed E-state index contributed by atoms with van der Waals surface area (Å²) in [4.78, 5) is 94.0. The van der Waals surface area contributed by atoms with Crippen LogP contribution >= 0.6 is 128 Å². The predicted molar refractivity (Wildman–Crippen MR) is 572 cm³/mol. The molecule has 0 unspecified atom stereocenters. The Morgan fingerprint density at radius 2 is 0.634 bits per heavy atom. The Balaban J connectivity index is 0.000000201. The number of aryl methyl sites for hydroxylation is 10. The summed E-state index contributed by atoms with van der Waals surface area (Å²) in [5.41, 5.74) is 24.2. The molecule has 2 aromatic heterocycles. The van der Waals surface area contributed by atoms with Gasteiger partial charge in [0.15, 0.2) is 5.82 Å². The Bertz CT molecular complexity index is 6490. The maximum atomic E-state index is 14.0. The minimum atomic E-state index is -0.676. The Morgan fingerprint density at radius 1 is 0.284 bits per heavy atom. The van der Waals surface area contributed by atoms with Crippen LogP contribution in [0.3, 0.4) is 0 Å². The molecule has 4 N–H and O–H groups in total. The lowest BCUT2D eigenvalue weighted by atomic mass is 9.84. The molecule has 4 amide bonds. The van der Waals surface area contributed by atoms with Gasteiger partial charge in [0, 0.05) is 125 Å². The summed E-state index contributed by atoms with van der Waals surface area (Å²) in [5, 5.41) is 13.1. The van der Waals surface area contributed by atoms with E-state index < -0.39 is 5.91 Å². The number of hydrogen-bond donors (Lipinski definition) is 4. The van der Waals surface area contributed by atoms with Crippen molar-refractivity contribution in [2.45, 2.75) is 129 Å². The van der Waals surface area contributed by atoms with Gasteiger partial charge in [-0.1, -0.05) is 223 Å². The highest BCUT2D eigenvalue weighted by Crippen LogP contribution is 2.46. The van der Waals surface area contributed by atoms with Gasteiger partial charge < -0.3 is 35.6 Å². The van der Waals surface area contributed by atoms with E-state index in [2.05, 4.69) is 132 Å². The zero-order chi connectivity index (χ0) is 99.0. The molecule has 0 aliphatic heterocycles. The zero-order valence-electron chi connectivity index (χ0n) is 79.2. The third-order valence-corrected chi connectivity index (χ3v) is 25.8. The highest BCUT2D eigenvalue weighted by atomic mass is 35.5. The molecule has 12 rings (SSSR count). The summed E-state index contributed by atoms with van der Waals surface area (Å²) in [7, 11) is 15.8. The van der Waals surface area contributed by atoms with Crippen molar-refractivity contribution in [2.24, 2.45) is 20.0 Å². The Labute approximate surface area is 841 Å². The summed E-state index contributed by atoms with van der Waals surface area (Å²) in [5.74, 6) is -0.780. The van der Waals surface area contributed by atoms with E-state index in [1.165, 1.54) is 12.3 Å². The lowest BCUT2D eigenvalue weighted by Gasteiger charge is -2.22. The Kier molecular flexibility index (Phi) is 38.1. The minimum Gasteiger partial charge on any atom is -0.378 e. The summed E-state index contributed by atoms with van der Waals surface area (Å²) >= 11 is 69.2. The van der Waals surface area contributed by atoms with Crippen molar-refractivity contribution < 1.29 is 19.2 Å². The molecule has 134 heavy (non-hydrogen) atoms. The molecule has 30 heteroatoms. The van der Waals surface area contributed by atoms with Crippen LogP contribution in [0, 0.1) is 69.2 Å². The number of benzene rings is 10. The molecule has 0 radical (unpaired) electrons. The Morgan fingerprint density at radius 3 is 1.04 bits per heavy atom. The number of halogens is 11. The molecule has 0 aliphatic rings. The van der Waals surface area contributed by atoms with Gasteiger partial charge >= 0.3 is 0 Å². The third-order valence-electron chi connectivity index (χ3n) is 21.5. The number of hydrogen-bond acceptors (Lipinski definition) is 15. The van der Waals surface area contributed by atoms with Crippen LogP contribution < -0.4 is 40.9 Å². The number of amides is 4. The van der Waals surface area contributed by atoms with E-state index in [9.17, 15) is 19.2 Å². The predicted octanol–water partition coefficient (Wildman–Crippen LogP) is 29.9. The van der Waals surface area contributed by atoms with Crippen molar-refractivity contribution in [1.82, 2.24) is 15.0 Å². The van der Waals surface area contributed by atoms with Gasteiger partial charge in [-0.2, -0.15) is 0 Å². The van der Waals surface area contributed by atoms with Gasteiger partial charge in [0.2, 0.25) is 5.95 Å². The number of carbonyl (C=O) groups is 4. The van der Waals surface area contributed by atoms with Gasteiger partial charge in [-0.25, -0.2) is 34.9 Å². The number of aromatic nitrogens is 3. The van der Waals surface area contributed by atoms with Crippen molar-refractivity contribution in [3.05, 3.63) is 326 Å². The van der Waals surface area contributed by atoms with Gasteiger partial charge in [0.1, 0.15) is 22.8 Å². The molecule has 10 aromatic carbocycles. The fourth-order valence-corrected chi connectivity index (χ4v) is 16.8. The van der Waals surface area contributed by atoms with Crippen LogP contribution in [0.1, 0.15) is 154 Å². The standard InChI is InChI=1S/C30H34Cl3N3O.C28H31Cl2N3O.C24H27N5O.C22H16Cl6N4O/c1-16(2)21-11-18(5)12-22(17(3)4)28(21)29(34-26-10-9-20(36(7)8)13-19(26)6)30(37)35-27-15-24(32)23(31)14-25(27)33;1-16(2)21-10-8-9-17(3)26(21)27(31-24-12-11-20(33(6)7)13-19(24)5)28(34)32-25-15-22(29)18(4)14-23(25)30;1-15-12-17(3)21(18(4)13-15)22(23(30)28-24-25-10-7-11-26-24)27-20-9-8-19(29(5)6)14-16(20)2;1-10-9-11(32(2)3)6-7-13(10)30-20(22(33)31-21-12(23)5-4-8-29-21)14-15(24)17(26)19(28)18(27)16(14)25/h9-17H,1-8H3,(H,35,37);8-16H,1-7H3,(H,32,34);7-14H,1-6H3,(H,25,26,28,30);4-9H,1-3H3,(H,29,31,33). The summed E-state index contributed by atoms with van der Waals surface area (Å²) < 4.78 is 0. The first-order valence-corrected chi connectivity index (χ1v) is 46.8. The van der Waals surface area contributed by atoms with Crippen molar-refractivity contribution in [2.75, 3.05) is 97.2 Å². The fraction of sp³-hybridized carbons (Fsp3) is 0.260. The molecule has 19 nitrogen and oxygen atoms in total. The molecular weight excluding hydrogens is 1910 g/mol. The van der Waals surface area contributed by atoms with E-state index in [1.54, 1.807) is 54.9 Å². The zero-order valence-corrected chi connectivity index (χ0v) is 87.5. The quantitative estimate of drug-likeness (QED) is 0.0268. The first kappa shape index (κ1) is 107. The molecule has 0 atom stereocenters. The van der Waals surface area contributed by atoms with Gasteiger partial charge in [-0.05, 0) is 263 Å². The molecule has 0 saturated heterocycles. The maximum Gasteiger partial charge on any atom is 0.277 e. The third kappa shape index (κ3) is 27.2. The Hall–Kier alpha value is -10.6. The summed E-state index contributed by atoms with van der Waals surface area (Å²) in [6.45, 7) is 32.6. The van der Waals surface area contributed by atoms with Crippen LogP contribution in [-0.4, -0.2) is 118 Å². The molecule has 0 spiro atoms. The van der Waals surface area contributed by atoms with E-state index in [-0.39, 0.29) is 88.7 Å². The average Bonchev–Trinajstić information content (AvgIpc) is 0.773. The van der Waals surface area contributed by atoms with Crippen LogP contribution in [0.5, 0.6) is 0 Å². The fourth-order valence-electron chi connectivity index (χ4n) is 14.3. The molecule has 0 fully saturated rings. The second-order valence-corrected chi connectivity index (χ2v) is 38.2. The lowest BCUT2D eigenvalue weighted by Crippen LogP contribution is -2.27. The van der Waals surface area contributed by atoms with Crippen LogP contribution in [0.4, 0.5) is 68.6 Å². The second kappa shape index (κ2) is 47.7. The highest BCUT2D eigenvalue weighted by molar-refractivity contribution is 6.61. The van der Waals surface area contributed by atoms with E-state index >= 15 is 0 Å². The van der Waals surface area contributed by atoms with E-state index in [1.807, 2.05) is 205 Å². The van der Waals surface area contributed by atoms with Gasteiger partial charge in [-0.15, -0.1) is 0 Å². The van der Waals surface area contributed by atoms with E-state index in [0.29, 0.717) is 59.3 Å². The topological polar surface area (TPSA) is 217 Å². The molecule has 0 aliphatic carbocycles. The number of rotatable bonds is 23. The van der Waals surface area contributed by atoms with Gasteiger partial charge in [0.05, 0.1) is 84.4 Å². The molecule has 12 aromatic rings. The number of carbonyl (C=O) groups excluding carboxylic acids is 4. The van der Waals surface area contributed by atoms with Crippen LogP contribution in [0.15, 0.2) is 196 Å². The largest absolute Gasteiger partial charge is 0.378 e. The number of nitrogens with zero attached hydrogens (tertiary/aromatic N) is 11. The number of nitrogens with one attached hydrogen (secondary N) is 4. The SMILES string of the molecule is Cc1cc(C(C)C)c(C(=Nc2ccc(N(C)C)cc2C)C(=O)Nc2cc(Cl)c(Cl)cc2Cl)c(C(C)C)c1.Cc1cc(C)c(C(=Nc2ccc(N(C)C)cc2C)C(=O)Nc2ncccn2)c(C)c1.Cc1cc(Cl)c(NC(=O)C(=Nc2ccc(N(C)C)cc2C)c2c(C)cccc2C(C)C)cc1Cl.Cc1cc(N(C)C)ccc1N=C(C(=O)Nc1ncccc1Cl)c1c(Cl)c(Cl)c(Cl)c(Cl)c1Cl. The summed E-state index contributed by atoms with van der Waals surface area (Å²) in [6.07, 6.45) is 4.66. The van der Waals surface area contributed by atoms with E-state index in [4.69, 9.17) is 143 Å². The average molecular weight is 2020 g/mol. The van der Waals surface area contributed by atoms with Crippen molar-refractivity contribution in [1.29, 1.82) is 0 Å². The van der Waals surface area contributed by atoms with Crippen molar-refractivity contribution in [3.8, 4) is 0 Å². The van der Waals surface area contributed by atoms with Gasteiger partial charge in [-0.3, -0.25) is 24.5 Å². The number of pyridine rings is 1. The van der Waals surface area contributed by atoms with Gasteiger partial charge in [0.25, 0.3) is 23.6 Å². The van der Waals surface area contributed by atoms with Crippen molar-refractivity contribution in [3.63, 3.8) is 0 Å². The normalized spacial score (nSPS) is 11.6. The van der Waals surface area contributed by atoms with Crippen molar-refractivity contribution >= 4 is 243 Å². The van der Waals surface area contributed by atoms with Crippen LogP contribution in [-0.2, 0) is 19.2 Å². The molecular formula is C104H108Cl11N15O4. The van der Waals surface area contributed by atoms with Crippen LogP contribution in [0.25, 0.3) is 0 Å². The number of aliphatic imine (C=N–C) groups is 4. The first-order chi connectivity index (χ1) is 63.1. The lowest BCUT2D eigenvalue weighted by molar-refractivity contribution is -0.111. The minimum absolute atomic E-state index is 0.0263. The smallest absolute Gasteiger partial charge is 0.277 e. The summed E-state index contributed by atoms with van der Waals surface area (Å²) in [6, 6.07) is 49.5. The molecule has 0 bridgehead atoms.